The topological polar surface area (TPSA) is 66.3 Å². The molecule has 0 atom stereocenters. The molecule has 0 radical (unpaired) electrons. The fraction of sp³-hybridized carbons (Fsp3) is 0.500. The van der Waals surface area contributed by atoms with Crippen molar-refractivity contribution in [2.75, 3.05) is 0 Å². The molecule has 0 saturated carbocycles. The van der Waals surface area contributed by atoms with E-state index < -0.39 is 6.16 Å². The Kier molecular flexibility index (Phi) is 5.34. The van der Waals surface area contributed by atoms with Crippen LogP contribution in [0.1, 0.15) is 13.3 Å². The molecule has 1 rings (SSSR count). The Morgan fingerprint density at radius 1 is 1.54 bits per heavy atom. The SMILES string of the molecule is CCC[n+]1ccn(C)c1.O=C(O)O. The minimum atomic E-state index is -1.83. The largest absolute Gasteiger partial charge is 0.503 e. The van der Waals surface area contributed by atoms with Gasteiger partial charge in [-0.15, -0.1) is 0 Å². The number of hydrogen-bond acceptors (Lipinski definition) is 1. The second-order valence-electron chi connectivity index (χ2n) is 2.60. The molecule has 5 heteroatoms. The van der Waals surface area contributed by atoms with Gasteiger partial charge < -0.3 is 10.2 Å². The average Bonchev–Trinajstić information content (AvgIpc) is 2.35. The average molecular weight is 187 g/mol. The minimum absolute atomic E-state index is 1.13. The Labute approximate surface area is 76.9 Å². The highest BCUT2D eigenvalue weighted by Gasteiger charge is 1.94. The number of carbonyl (C=O) groups is 1. The first kappa shape index (κ1) is 11.5. The van der Waals surface area contributed by atoms with Crippen LogP contribution >= 0.6 is 0 Å². The van der Waals surface area contributed by atoms with Crippen LogP contribution in [-0.4, -0.2) is 20.9 Å². The van der Waals surface area contributed by atoms with Crippen LogP contribution < -0.4 is 4.57 Å². The first-order valence-corrected chi connectivity index (χ1v) is 3.99. The van der Waals surface area contributed by atoms with E-state index in [1.807, 2.05) is 7.05 Å². The van der Waals surface area contributed by atoms with Crippen LogP contribution in [0.3, 0.4) is 0 Å². The van der Waals surface area contributed by atoms with Gasteiger partial charge in [-0.05, 0) is 6.42 Å². The molecule has 13 heavy (non-hydrogen) atoms. The summed E-state index contributed by atoms with van der Waals surface area (Å²) in [6.07, 6.45) is 5.59. The van der Waals surface area contributed by atoms with Gasteiger partial charge in [0.1, 0.15) is 12.4 Å². The van der Waals surface area contributed by atoms with E-state index in [-0.39, 0.29) is 0 Å². The first-order valence-electron chi connectivity index (χ1n) is 3.99. The maximum absolute atomic E-state index is 8.56. The summed E-state index contributed by atoms with van der Waals surface area (Å²) in [6.45, 7) is 3.31. The third-order valence-corrected chi connectivity index (χ3v) is 1.31. The van der Waals surface area contributed by atoms with Crippen LogP contribution in [0, 0.1) is 0 Å². The lowest BCUT2D eigenvalue weighted by atomic mass is 10.5. The van der Waals surface area contributed by atoms with Crippen molar-refractivity contribution >= 4 is 6.16 Å². The molecule has 5 nitrogen and oxygen atoms in total. The second kappa shape index (κ2) is 6.05. The highest BCUT2D eigenvalue weighted by Crippen LogP contribution is 1.78. The second-order valence-corrected chi connectivity index (χ2v) is 2.60. The highest BCUT2D eigenvalue weighted by molar-refractivity contribution is 5.53. The van der Waals surface area contributed by atoms with E-state index in [9.17, 15) is 0 Å². The lowest BCUT2D eigenvalue weighted by Gasteiger charge is -1.86. The molecule has 1 heterocycles. The number of carboxylic acid groups (broad SMARTS) is 2. The molecule has 2 N–H and O–H groups in total. The van der Waals surface area contributed by atoms with Crippen molar-refractivity contribution in [2.24, 2.45) is 7.05 Å². The summed E-state index contributed by atoms with van der Waals surface area (Å²) >= 11 is 0. The Balaban J connectivity index is 0.000000310. The third kappa shape index (κ3) is 6.86. The van der Waals surface area contributed by atoms with Crippen molar-refractivity contribution in [1.82, 2.24) is 4.57 Å². The Bertz CT molecular complexity index is 254. The molecule has 0 aliphatic rings. The van der Waals surface area contributed by atoms with Crippen molar-refractivity contribution in [2.45, 2.75) is 19.9 Å². The van der Waals surface area contributed by atoms with E-state index in [0.29, 0.717) is 0 Å². The monoisotopic (exact) mass is 187 g/mol. The number of aryl methyl sites for hydroxylation is 2. The number of aromatic nitrogens is 2. The van der Waals surface area contributed by atoms with Crippen LogP contribution in [-0.2, 0) is 13.6 Å². The number of nitrogens with zero attached hydrogens (tertiary/aromatic N) is 2. The summed E-state index contributed by atoms with van der Waals surface area (Å²) in [7, 11) is 2.03. The molecule has 0 aliphatic carbocycles. The third-order valence-electron chi connectivity index (χ3n) is 1.31. The summed E-state index contributed by atoms with van der Waals surface area (Å²) in [6, 6.07) is 0. The van der Waals surface area contributed by atoms with Crippen molar-refractivity contribution in [3.63, 3.8) is 0 Å². The van der Waals surface area contributed by atoms with Gasteiger partial charge in [-0.1, -0.05) is 6.92 Å². The van der Waals surface area contributed by atoms with Gasteiger partial charge in [-0.2, -0.15) is 0 Å². The lowest BCUT2D eigenvalue weighted by Crippen LogP contribution is -2.30. The van der Waals surface area contributed by atoms with E-state index in [4.69, 9.17) is 15.0 Å². The van der Waals surface area contributed by atoms with E-state index in [0.717, 1.165) is 6.54 Å². The zero-order valence-corrected chi connectivity index (χ0v) is 7.84. The van der Waals surface area contributed by atoms with Crippen LogP contribution in [0.4, 0.5) is 4.79 Å². The Morgan fingerprint density at radius 3 is 2.38 bits per heavy atom. The molecule has 0 aromatic carbocycles. The fourth-order valence-corrected chi connectivity index (χ4v) is 0.892. The Morgan fingerprint density at radius 2 is 2.08 bits per heavy atom. The maximum Gasteiger partial charge on any atom is 0.503 e. The predicted molar refractivity (Wildman–Crippen MR) is 46.6 cm³/mol. The maximum atomic E-state index is 8.56. The predicted octanol–water partition coefficient (Wildman–Crippen LogP) is 0.945. The van der Waals surface area contributed by atoms with Crippen molar-refractivity contribution in [3.8, 4) is 0 Å². The molecule has 0 unspecified atom stereocenters. The van der Waals surface area contributed by atoms with Crippen molar-refractivity contribution in [1.29, 1.82) is 0 Å². The molecule has 0 aliphatic heterocycles. The quantitative estimate of drug-likeness (QED) is 0.677. The molecule has 0 saturated heterocycles. The lowest BCUT2D eigenvalue weighted by molar-refractivity contribution is -0.696. The van der Waals surface area contributed by atoms with Gasteiger partial charge in [-0.25, -0.2) is 13.9 Å². The van der Waals surface area contributed by atoms with Gasteiger partial charge in [0.25, 0.3) is 0 Å². The van der Waals surface area contributed by atoms with Crippen LogP contribution in [0.2, 0.25) is 0 Å². The summed E-state index contributed by atoms with van der Waals surface area (Å²) in [5, 5.41) is 13.9. The number of imidazole rings is 1. The molecule has 0 fully saturated rings. The molecular formula is C8H15N2O3+. The minimum Gasteiger partial charge on any atom is -0.450 e. The summed E-state index contributed by atoms with van der Waals surface area (Å²) < 4.78 is 4.23. The highest BCUT2D eigenvalue weighted by atomic mass is 16.6. The molecule has 1 aromatic heterocycles. The van der Waals surface area contributed by atoms with Crippen molar-refractivity contribution < 1.29 is 19.6 Å². The number of hydrogen-bond donors (Lipinski definition) is 2. The van der Waals surface area contributed by atoms with Crippen LogP contribution in [0.5, 0.6) is 0 Å². The summed E-state index contributed by atoms with van der Waals surface area (Å²) in [4.78, 5) is 8.56. The summed E-state index contributed by atoms with van der Waals surface area (Å²) in [5.41, 5.74) is 0. The van der Waals surface area contributed by atoms with E-state index in [2.05, 4.69) is 34.8 Å². The van der Waals surface area contributed by atoms with E-state index in [1.54, 1.807) is 0 Å². The molecular weight excluding hydrogens is 172 g/mol. The van der Waals surface area contributed by atoms with Gasteiger partial charge in [-0.3, -0.25) is 0 Å². The van der Waals surface area contributed by atoms with Gasteiger partial charge in [0.15, 0.2) is 0 Å². The zero-order valence-electron chi connectivity index (χ0n) is 7.84. The van der Waals surface area contributed by atoms with Crippen LogP contribution in [0.15, 0.2) is 18.7 Å². The zero-order chi connectivity index (χ0) is 10.3. The molecule has 74 valence electrons. The normalized spacial score (nSPS) is 8.77. The fourth-order valence-electron chi connectivity index (χ4n) is 0.892. The summed E-state index contributed by atoms with van der Waals surface area (Å²) in [5.74, 6) is 0. The molecule has 0 spiro atoms. The van der Waals surface area contributed by atoms with E-state index in [1.165, 1.54) is 6.42 Å². The smallest absolute Gasteiger partial charge is 0.450 e. The molecule has 0 amide bonds. The van der Waals surface area contributed by atoms with Crippen LogP contribution in [0.25, 0.3) is 0 Å². The van der Waals surface area contributed by atoms with Crippen molar-refractivity contribution in [3.05, 3.63) is 18.7 Å². The van der Waals surface area contributed by atoms with Gasteiger partial charge >= 0.3 is 6.16 Å². The molecule has 1 aromatic rings. The number of rotatable bonds is 2. The van der Waals surface area contributed by atoms with E-state index >= 15 is 0 Å². The first-order chi connectivity index (χ1) is 6.06. The standard InChI is InChI=1S/C7H13N2.CH2O3/c1-3-4-9-6-5-8(2)7-9;2-1(3)4/h5-7H,3-4H2,1-2H3;(H2,2,3,4)/q+1;. The molecule has 0 bridgehead atoms. The van der Waals surface area contributed by atoms with Gasteiger partial charge in [0.05, 0.1) is 13.6 Å². The van der Waals surface area contributed by atoms with Gasteiger partial charge in [0, 0.05) is 0 Å². The van der Waals surface area contributed by atoms with Gasteiger partial charge in [0.2, 0.25) is 6.33 Å². The Hall–Kier alpha value is -1.52.